The van der Waals surface area contributed by atoms with Crippen LogP contribution in [0.1, 0.15) is 32.3 Å². The van der Waals surface area contributed by atoms with Crippen LogP contribution in [0.2, 0.25) is 0 Å². The van der Waals surface area contributed by atoms with Crippen LogP contribution in [-0.2, 0) is 30.2 Å². The maximum atomic E-state index is 12.9. The Balaban J connectivity index is 1.63. The quantitative estimate of drug-likeness (QED) is 0.536. The van der Waals surface area contributed by atoms with Gasteiger partial charge in [-0.25, -0.2) is 0 Å². The maximum absolute atomic E-state index is 12.9. The van der Waals surface area contributed by atoms with E-state index in [4.69, 9.17) is 18.9 Å². The summed E-state index contributed by atoms with van der Waals surface area (Å²) in [5.74, 6) is -0.614. The lowest BCUT2D eigenvalue weighted by atomic mass is 9.50. The fraction of sp³-hybridized carbons (Fsp3) is 0.577. The van der Waals surface area contributed by atoms with Crippen molar-refractivity contribution in [2.45, 2.75) is 57.9 Å². The number of aliphatic hydroxyl groups is 1. The first kappa shape index (κ1) is 23.2. The molecule has 3 aliphatic rings. The van der Waals surface area contributed by atoms with E-state index in [1.165, 1.54) is 0 Å². The topological polar surface area (TPSA) is 74.2 Å². The van der Waals surface area contributed by atoms with E-state index in [0.717, 1.165) is 16.7 Å². The minimum absolute atomic E-state index is 0.117. The molecule has 0 spiro atoms. The number of benzene rings is 1. The molecule has 2 fully saturated rings. The number of hydrogen-bond acceptors (Lipinski definition) is 6. The lowest BCUT2D eigenvalue weighted by molar-refractivity contribution is -0.217. The Kier molecular flexibility index (Phi) is 6.59. The molecule has 6 nitrogen and oxygen atoms in total. The molecular formula is C26H34O6. The van der Waals surface area contributed by atoms with Crippen LogP contribution in [0, 0.1) is 23.2 Å². The van der Waals surface area contributed by atoms with Gasteiger partial charge in [0.25, 0.3) is 0 Å². The summed E-state index contributed by atoms with van der Waals surface area (Å²) in [4.78, 5) is 12.9. The number of aliphatic hydroxyl groups excluding tert-OH is 1. The largest absolute Gasteiger partial charge is 0.462 e. The smallest absolute Gasteiger partial charge is 0.306 e. The number of aryl methyl sites for hydroxylation is 1. The number of hydrogen-bond donors (Lipinski definition) is 1. The van der Waals surface area contributed by atoms with Crippen LogP contribution in [0.15, 0.2) is 54.1 Å². The fourth-order valence-corrected chi connectivity index (χ4v) is 5.99. The van der Waals surface area contributed by atoms with Crippen molar-refractivity contribution in [2.24, 2.45) is 23.2 Å². The van der Waals surface area contributed by atoms with Gasteiger partial charge in [0.05, 0.1) is 6.10 Å². The summed E-state index contributed by atoms with van der Waals surface area (Å²) in [6.45, 7) is 8.47. The number of methoxy groups -OCH3 is 2. The van der Waals surface area contributed by atoms with Crippen LogP contribution < -0.4 is 0 Å². The second-order valence-electron chi connectivity index (χ2n) is 9.46. The van der Waals surface area contributed by atoms with E-state index >= 15 is 0 Å². The Morgan fingerprint density at radius 3 is 2.59 bits per heavy atom. The predicted molar refractivity (Wildman–Crippen MR) is 119 cm³/mol. The normalized spacial score (nSPS) is 38.6. The summed E-state index contributed by atoms with van der Waals surface area (Å²) < 4.78 is 23.4. The van der Waals surface area contributed by atoms with Crippen molar-refractivity contribution in [1.82, 2.24) is 0 Å². The molecule has 8 unspecified atom stereocenters. The molecule has 0 amide bonds. The molecule has 4 rings (SSSR count). The molecule has 174 valence electrons. The highest BCUT2D eigenvalue weighted by Crippen LogP contribution is 2.61. The SMILES string of the molecule is C=C1C(C)CC(OC(=O)CCc2ccccc2)C2(C)C1C(O)C=C1C(OC)OC(OC)C12. The molecule has 1 saturated heterocycles. The van der Waals surface area contributed by atoms with Gasteiger partial charge < -0.3 is 24.1 Å². The third kappa shape index (κ3) is 3.83. The van der Waals surface area contributed by atoms with E-state index in [2.05, 4.69) is 20.4 Å². The van der Waals surface area contributed by atoms with Crippen molar-refractivity contribution < 1.29 is 28.8 Å². The lowest BCUT2D eigenvalue weighted by Gasteiger charge is -2.56. The number of carbonyl (C=O) groups excluding carboxylic acids is 1. The highest BCUT2D eigenvalue weighted by atomic mass is 16.8. The van der Waals surface area contributed by atoms with E-state index in [-0.39, 0.29) is 23.7 Å². The molecule has 1 aliphatic heterocycles. The van der Waals surface area contributed by atoms with Gasteiger partial charge in [0.2, 0.25) is 0 Å². The molecule has 1 aromatic rings. The molecule has 1 saturated carbocycles. The molecule has 32 heavy (non-hydrogen) atoms. The summed E-state index contributed by atoms with van der Waals surface area (Å²) in [7, 11) is 3.18. The van der Waals surface area contributed by atoms with Crippen LogP contribution in [0.5, 0.6) is 0 Å². The maximum Gasteiger partial charge on any atom is 0.306 e. The number of ether oxygens (including phenoxy) is 4. The van der Waals surface area contributed by atoms with Crippen molar-refractivity contribution in [3.05, 3.63) is 59.7 Å². The Morgan fingerprint density at radius 2 is 1.94 bits per heavy atom. The van der Waals surface area contributed by atoms with E-state index in [9.17, 15) is 9.90 Å². The molecule has 1 N–H and O–H groups in total. The first-order valence-electron chi connectivity index (χ1n) is 11.3. The van der Waals surface area contributed by atoms with Crippen molar-refractivity contribution >= 4 is 5.97 Å². The van der Waals surface area contributed by atoms with Gasteiger partial charge in [-0.15, -0.1) is 0 Å². The highest BCUT2D eigenvalue weighted by molar-refractivity contribution is 5.70. The standard InChI is InChI=1S/C26H34O6/c1-15-13-20(31-21(28)12-11-17-9-7-6-8-10-17)26(3)22(16(15)2)19(27)14-18-23(26)25(30-5)32-24(18)29-4/h6-10,14-15,19-20,22-25,27H,2,11-13H2,1,3-5H3. The molecule has 2 aliphatic carbocycles. The summed E-state index contributed by atoms with van der Waals surface area (Å²) in [6, 6.07) is 9.91. The van der Waals surface area contributed by atoms with Gasteiger partial charge in [-0.2, -0.15) is 0 Å². The van der Waals surface area contributed by atoms with Crippen LogP contribution in [0.25, 0.3) is 0 Å². The van der Waals surface area contributed by atoms with Gasteiger partial charge in [-0.3, -0.25) is 4.79 Å². The fourth-order valence-electron chi connectivity index (χ4n) is 5.99. The molecule has 0 bridgehead atoms. The predicted octanol–water partition coefficient (Wildman–Crippen LogP) is 3.64. The van der Waals surface area contributed by atoms with E-state index < -0.39 is 30.2 Å². The van der Waals surface area contributed by atoms with Crippen LogP contribution in [0.4, 0.5) is 0 Å². The van der Waals surface area contributed by atoms with Gasteiger partial charge in [0, 0.05) is 37.9 Å². The average Bonchev–Trinajstić information content (AvgIpc) is 3.15. The summed E-state index contributed by atoms with van der Waals surface area (Å²) >= 11 is 0. The minimum Gasteiger partial charge on any atom is -0.462 e. The third-order valence-electron chi connectivity index (χ3n) is 7.68. The van der Waals surface area contributed by atoms with Crippen molar-refractivity contribution in [3.63, 3.8) is 0 Å². The summed E-state index contributed by atoms with van der Waals surface area (Å²) in [6.07, 6.45) is 1.08. The molecule has 6 heteroatoms. The van der Waals surface area contributed by atoms with Gasteiger partial charge in [-0.1, -0.05) is 62.4 Å². The van der Waals surface area contributed by atoms with Crippen molar-refractivity contribution in [3.8, 4) is 0 Å². The molecule has 1 heterocycles. The Morgan fingerprint density at radius 1 is 1.22 bits per heavy atom. The first-order valence-corrected chi connectivity index (χ1v) is 11.3. The zero-order chi connectivity index (χ0) is 23.0. The summed E-state index contributed by atoms with van der Waals surface area (Å²) in [5, 5.41) is 11.2. The molecule has 0 radical (unpaired) electrons. The Hall–Kier alpha value is -1.99. The zero-order valence-electron chi connectivity index (χ0n) is 19.3. The van der Waals surface area contributed by atoms with E-state index in [1.54, 1.807) is 14.2 Å². The highest BCUT2D eigenvalue weighted by Gasteiger charge is 2.64. The number of fused-ring (bicyclic) bond motifs is 3. The minimum atomic E-state index is -0.760. The summed E-state index contributed by atoms with van der Waals surface area (Å²) in [5.41, 5.74) is 2.29. The Labute approximate surface area is 190 Å². The van der Waals surface area contributed by atoms with E-state index in [1.807, 2.05) is 36.4 Å². The van der Waals surface area contributed by atoms with Gasteiger partial charge in [0.15, 0.2) is 12.6 Å². The Bertz CT molecular complexity index is 880. The lowest BCUT2D eigenvalue weighted by Crippen LogP contribution is -2.59. The molecule has 8 atom stereocenters. The molecular weight excluding hydrogens is 408 g/mol. The molecule has 0 aromatic heterocycles. The zero-order valence-corrected chi connectivity index (χ0v) is 19.3. The van der Waals surface area contributed by atoms with Crippen molar-refractivity contribution in [2.75, 3.05) is 14.2 Å². The van der Waals surface area contributed by atoms with Gasteiger partial charge in [-0.05, 0) is 29.9 Å². The number of carbonyl (C=O) groups is 1. The van der Waals surface area contributed by atoms with Crippen LogP contribution >= 0.6 is 0 Å². The second kappa shape index (κ2) is 9.10. The van der Waals surface area contributed by atoms with E-state index in [0.29, 0.717) is 19.3 Å². The number of esters is 1. The third-order valence-corrected chi connectivity index (χ3v) is 7.68. The van der Waals surface area contributed by atoms with Gasteiger partial charge in [0.1, 0.15) is 6.10 Å². The van der Waals surface area contributed by atoms with Gasteiger partial charge >= 0.3 is 5.97 Å². The van der Waals surface area contributed by atoms with Crippen molar-refractivity contribution in [1.29, 1.82) is 0 Å². The first-order chi connectivity index (χ1) is 15.3. The number of rotatable bonds is 6. The second-order valence-corrected chi connectivity index (χ2v) is 9.46. The molecule has 1 aromatic carbocycles. The average molecular weight is 443 g/mol. The van der Waals surface area contributed by atoms with Crippen LogP contribution in [0.3, 0.4) is 0 Å². The monoisotopic (exact) mass is 442 g/mol. The van der Waals surface area contributed by atoms with Crippen LogP contribution in [-0.4, -0.2) is 50.1 Å².